The topological polar surface area (TPSA) is 112 Å². The molecule has 1 aromatic heterocycles. The highest BCUT2D eigenvalue weighted by Crippen LogP contribution is 2.22. The van der Waals surface area contributed by atoms with Gasteiger partial charge in [-0.1, -0.05) is 6.07 Å². The lowest BCUT2D eigenvalue weighted by Crippen LogP contribution is -2.32. The predicted octanol–water partition coefficient (Wildman–Crippen LogP) is 0.450. The van der Waals surface area contributed by atoms with Gasteiger partial charge in [0, 0.05) is 13.1 Å². The van der Waals surface area contributed by atoms with Gasteiger partial charge in [-0.3, -0.25) is 9.78 Å². The highest BCUT2D eigenvalue weighted by molar-refractivity contribution is 5.66. The van der Waals surface area contributed by atoms with E-state index in [9.17, 15) is 14.7 Å². The molecule has 0 saturated carbocycles. The van der Waals surface area contributed by atoms with Crippen molar-refractivity contribution in [2.24, 2.45) is 5.73 Å². The number of nitrogens with zero attached hydrogens (tertiary/aromatic N) is 1. The van der Waals surface area contributed by atoms with E-state index in [4.69, 9.17) is 10.5 Å². The molecular formula is C12H16N2O5. The fourth-order valence-electron chi connectivity index (χ4n) is 1.59. The van der Waals surface area contributed by atoms with Gasteiger partial charge in [0.1, 0.15) is 6.61 Å². The predicted molar refractivity (Wildman–Crippen MR) is 65.0 cm³/mol. The first-order valence-electron chi connectivity index (χ1n) is 5.61. The Balaban J connectivity index is 2.94. The molecule has 0 saturated heterocycles. The molecule has 1 unspecified atom stereocenters. The summed E-state index contributed by atoms with van der Waals surface area (Å²) in [5.74, 6) is -1.30. The molecule has 0 bridgehead atoms. The minimum absolute atomic E-state index is 0.165. The smallest absolute Gasteiger partial charge is 0.406 e. The van der Waals surface area contributed by atoms with E-state index >= 15 is 0 Å². The molecule has 0 aliphatic carbocycles. The Bertz CT molecular complexity index is 463. The molecule has 1 rings (SSSR count). The van der Waals surface area contributed by atoms with Crippen LogP contribution in [0.5, 0.6) is 0 Å². The van der Waals surface area contributed by atoms with Crippen molar-refractivity contribution in [2.75, 3.05) is 6.61 Å². The van der Waals surface area contributed by atoms with Crippen molar-refractivity contribution in [3.8, 4) is 0 Å². The lowest BCUT2D eigenvalue weighted by atomic mass is 10.0. The van der Waals surface area contributed by atoms with Gasteiger partial charge in [0.2, 0.25) is 6.29 Å². The molecule has 0 spiro atoms. The number of carbonyl (C=O) groups excluding carboxylic acids is 2. The molecule has 7 heteroatoms. The van der Waals surface area contributed by atoms with Crippen molar-refractivity contribution in [2.45, 2.75) is 26.1 Å². The minimum atomic E-state index is -1.54. The van der Waals surface area contributed by atoms with E-state index in [0.717, 1.165) is 5.56 Å². The molecule has 2 atom stereocenters. The number of aliphatic hydroxyl groups excluding tert-OH is 1. The number of rotatable bonds is 5. The molecule has 7 nitrogen and oxygen atoms in total. The van der Waals surface area contributed by atoms with Gasteiger partial charge in [0.25, 0.3) is 0 Å². The van der Waals surface area contributed by atoms with Crippen LogP contribution in [0, 0.1) is 6.92 Å². The van der Waals surface area contributed by atoms with Gasteiger partial charge in [-0.25, -0.2) is 4.79 Å². The van der Waals surface area contributed by atoms with Gasteiger partial charge in [-0.15, -0.1) is 0 Å². The normalized spacial score (nSPS) is 13.4. The van der Waals surface area contributed by atoms with E-state index in [-0.39, 0.29) is 6.61 Å². The molecule has 0 aliphatic heterocycles. The summed E-state index contributed by atoms with van der Waals surface area (Å²) in [6, 6.07) is 3.50. The number of ether oxygens (including phenoxy) is 2. The van der Waals surface area contributed by atoms with Crippen molar-refractivity contribution in [3.63, 3.8) is 0 Å². The standard InChI is InChI=1S/C12H16N2O5/c1-7-4-3-5-14-10(7)9(6-18-8(2)15)11(16)19-12(13)17/h3-5,9,11,16H,6H2,1-2H3,(H2,13,17)/t9-,11?/m1/s1. The molecule has 1 heterocycles. The van der Waals surface area contributed by atoms with E-state index in [0.29, 0.717) is 5.69 Å². The van der Waals surface area contributed by atoms with Crippen molar-refractivity contribution < 1.29 is 24.2 Å². The zero-order valence-electron chi connectivity index (χ0n) is 10.7. The molecule has 104 valence electrons. The average Bonchev–Trinajstić information content (AvgIpc) is 2.30. The second kappa shape index (κ2) is 6.69. The molecule has 0 aliphatic rings. The summed E-state index contributed by atoms with van der Waals surface area (Å²) in [6.07, 6.45) is -1.13. The zero-order valence-corrected chi connectivity index (χ0v) is 10.7. The Morgan fingerprint density at radius 3 is 2.74 bits per heavy atom. The van der Waals surface area contributed by atoms with Crippen LogP contribution >= 0.6 is 0 Å². The number of hydrogen-bond donors (Lipinski definition) is 2. The second-order valence-electron chi connectivity index (χ2n) is 3.94. The highest BCUT2D eigenvalue weighted by atomic mass is 16.6. The third-order valence-corrected chi connectivity index (χ3v) is 2.45. The summed E-state index contributed by atoms with van der Waals surface area (Å²) in [7, 11) is 0. The number of amides is 1. The lowest BCUT2D eigenvalue weighted by Gasteiger charge is -2.22. The van der Waals surface area contributed by atoms with Gasteiger partial charge in [0.05, 0.1) is 11.6 Å². The third kappa shape index (κ3) is 4.55. The fourth-order valence-corrected chi connectivity index (χ4v) is 1.59. The van der Waals surface area contributed by atoms with Gasteiger partial charge < -0.3 is 20.3 Å². The Morgan fingerprint density at radius 1 is 1.53 bits per heavy atom. The minimum Gasteiger partial charge on any atom is -0.465 e. The van der Waals surface area contributed by atoms with Crippen LogP contribution in [0.1, 0.15) is 24.1 Å². The van der Waals surface area contributed by atoms with E-state index in [1.54, 1.807) is 19.1 Å². The average molecular weight is 268 g/mol. The molecular weight excluding hydrogens is 252 g/mol. The van der Waals surface area contributed by atoms with Crippen LogP contribution in [-0.4, -0.2) is 35.0 Å². The molecule has 1 aromatic rings. The summed E-state index contributed by atoms with van der Waals surface area (Å²) in [5.41, 5.74) is 6.09. The van der Waals surface area contributed by atoms with Crippen LogP contribution in [0.15, 0.2) is 18.3 Å². The Labute approximate surface area is 110 Å². The van der Waals surface area contributed by atoms with Crippen molar-refractivity contribution >= 4 is 12.1 Å². The maximum atomic E-state index is 10.9. The molecule has 0 fully saturated rings. The molecule has 0 aromatic carbocycles. The van der Waals surface area contributed by atoms with Crippen LogP contribution in [0.25, 0.3) is 0 Å². The van der Waals surface area contributed by atoms with Crippen LogP contribution in [-0.2, 0) is 14.3 Å². The molecule has 0 radical (unpaired) electrons. The van der Waals surface area contributed by atoms with E-state index < -0.39 is 24.3 Å². The van der Waals surface area contributed by atoms with Gasteiger partial charge >= 0.3 is 12.1 Å². The van der Waals surface area contributed by atoms with Crippen molar-refractivity contribution in [1.29, 1.82) is 0 Å². The summed E-state index contributed by atoms with van der Waals surface area (Å²) in [4.78, 5) is 25.6. The first-order chi connectivity index (χ1) is 8.91. The summed E-state index contributed by atoms with van der Waals surface area (Å²) < 4.78 is 9.36. The summed E-state index contributed by atoms with van der Waals surface area (Å²) >= 11 is 0. The van der Waals surface area contributed by atoms with E-state index in [1.807, 2.05) is 0 Å². The molecule has 19 heavy (non-hydrogen) atoms. The number of esters is 1. The Hall–Kier alpha value is -2.15. The third-order valence-electron chi connectivity index (χ3n) is 2.45. The largest absolute Gasteiger partial charge is 0.465 e. The number of aliphatic hydroxyl groups is 1. The summed E-state index contributed by atoms with van der Waals surface area (Å²) in [5, 5.41) is 9.82. The Morgan fingerprint density at radius 2 is 2.21 bits per heavy atom. The van der Waals surface area contributed by atoms with Gasteiger partial charge in [0.15, 0.2) is 0 Å². The lowest BCUT2D eigenvalue weighted by molar-refractivity contribution is -0.145. The number of hydrogen-bond acceptors (Lipinski definition) is 6. The monoisotopic (exact) mass is 268 g/mol. The Kier molecular flexibility index (Phi) is 5.25. The van der Waals surface area contributed by atoms with Crippen LogP contribution in [0.2, 0.25) is 0 Å². The van der Waals surface area contributed by atoms with Gasteiger partial charge in [-0.2, -0.15) is 0 Å². The highest BCUT2D eigenvalue weighted by Gasteiger charge is 2.28. The number of nitrogens with two attached hydrogens (primary N) is 1. The van der Waals surface area contributed by atoms with Crippen LogP contribution in [0.3, 0.4) is 0 Å². The number of carbonyl (C=O) groups is 2. The van der Waals surface area contributed by atoms with Crippen LogP contribution < -0.4 is 5.73 Å². The van der Waals surface area contributed by atoms with Crippen molar-refractivity contribution in [1.82, 2.24) is 4.98 Å². The number of primary amides is 1. The number of pyridine rings is 1. The first kappa shape index (κ1) is 14.9. The fraction of sp³-hybridized carbons (Fsp3) is 0.417. The van der Waals surface area contributed by atoms with Crippen LogP contribution in [0.4, 0.5) is 4.79 Å². The molecule has 3 N–H and O–H groups in total. The maximum absolute atomic E-state index is 10.9. The quantitative estimate of drug-likeness (QED) is 0.592. The zero-order chi connectivity index (χ0) is 14.4. The second-order valence-corrected chi connectivity index (χ2v) is 3.94. The van der Waals surface area contributed by atoms with Gasteiger partial charge in [-0.05, 0) is 18.6 Å². The summed E-state index contributed by atoms with van der Waals surface area (Å²) in [6.45, 7) is 2.85. The number of aryl methyl sites for hydroxylation is 1. The van der Waals surface area contributed by atoms with E-state index in [2.05, 4.69) is 9.72 Å². The first-order valence-corrected chi connectivity index (χ1v) is 5.61. The molecule has 1 amide bonds. The van der Waals surface area contributed by atoms with Crippen molar-refractivity contribution in [3.05, 3.63) is 29.6 Å². The van der Waals surface area contributed by atoms with E-state index in [1.165, 1.54) is 13.1 Å². The SMILES string of the molecule is CC(=O)OC[C@H](c1ncccc1C)C(O)OC(N)=O. The maximum Gasteiger partial charge on any atom is 0.406 e. The number of aromatic nitrogens is 1.